The number of rotatable bonds is 3. The Bertz CT molecular complexity index is 922. The van der Waals surface area contributed by atoms with Gasteiger partial charge in [-0.1, -0.05) is 30.3 Å². The molecule has 3 heterocycles. The van der Waals surface area contributed by atoms with E-state index in [2.05, 4.69) is 64.6 Å². The molecule has 4 nitrogen and oxygen atoms in total. The van der Waals surface area contributed by atoms with Crippen molar-refractivity contribution in [1.29, 1.82) is 0 Å². The highest BCUT2D eigenvalue weighted by Crippen LogP contribution is 2.34. The number of nitrogens with one attached hydrogen (secondary N) is 2. The first kappa shape index (κ1) is 15.9. The third-order valence-corrected chi connectivity index (χ3v) is 5.87. The van der Waals surface area contributed by atoms with Crippen molar-refractivity contribution in [2.75, 3.05) is 18.4 Å². The fourth-order valence-electron chi connectivity index (χ4n) is 4.52. The lowest BCUT2D eigenvalue weighted by Crippen LogP contribution is -2.22. The highest BCUT2D eigenvalue weighted by atomic mass is 15.1. The number of imidazole rings is 1. The van der Waals surface area contributed by atoms with Crippen LogP contribution in [0.1, 0.15) is 42.8 Å². The molecule has 0 radical (unpaired) electrons. The minimum atomic E-state index is 0.507. The summed E-state index contributed by atoms with van der Waals surface area (Å²) in [5.74, 6) is 1.20. The van der Waals surface area contributed by atoms with Gasteiger partial charge < -0.3 is 15.2 Å². The summed E-state index contributed by atoms with van der Waals surface area (Å²) in [7, 11) is 0. The van der Waals surface area contributed by atoms with E-state index in [0.717, 1.165) is 25.9 Å². The SMILES string of the molecule is C[C@H]1CCc2c(ccc3c2nc(Cc2ccccc2)n3[C@@H]2CCNC2)N1. The number of benzene rings is 2. The quantitative estimate of drug-likeness (QED) is 0.756. The minimum absolute atomic E-state index is 0.507. The first-order valence-corrected chi connectivity index (χ1v) is 9.83. The molecule has 2 aliphatic rings. The van der Waals surface area contributed by atoms with Gasteiger partial charge in [0.15, 0.2) is 0 Å². The zero-order valence-electron chi connectivity index (χ0n) is 15.3. The van der Waals surface area contributed by atoms with E-state index in [-0.39, 0.29) is 0 Å². The van der Waals surface area contributed by atoms with Gasteiger partial charge in [-0.3, -0.25) is 0 Å². The monoisotopic (exact) mass is 346 g/mol. The number of nitrogens with zero attached hydrogens (tertiary/aromatic N) is 2. The van der Waals surface area contributed by atoms with Crippen molar-refractivity contribution >= 4 is 16.7 Å². The molecule has 1 fully saturated rings. The zero-order valence-corrected chi connectivity index (χ0v) is 15.3. The lowest BCUT2D eigenvalue weighted by Gasteiger charge is -2.24. The van der Waals surface area contributed by atoms with Crippen LogP contribution in [0, 0.1) is 0 Å². The summed E-state index contributed by atoms with van der Waals surface area (Å²) >= 11 is 0. The van der Waals surface area contributed by atoms with Crippen LogP contribution < -0.4 is 10.6 Å². The summed E-state index contributed by atoms with van der Waals surface area (Å²) < 4.78 is 2.51. The first-order valence-electron chi connectivity index (χ1n) is 9.83. The van der Waals surface area contributed by atoms with Gasteiger partial charge in [-0.25, -0.2) is 4.98 Å². The molecule has 5 rings (SSSR count). The normalized spacial score (nSPS) is 22.3. The highest BCUT2D eigenvalue weighted by molar-refractivity contribution is 5.86. The maximum absolute atomic E-state index is 5.19. The topological polar surface area (TPSA) is 41.9 Å². The highest BCUT2D eigenvalue weighted by Gasteiger charge is 2.25. The van der Waals surface area contributed by atoms with E-state index in [1.165, 1.54) is 46.5 Å². The Hall–Kier alpha value is -2.33. The van der Waals surface area contributed by atoms with Gasteiger partial charge in [0.05, 0.1) is 11.0 Å². The molecule has 134 valence electrons. The average molecular weight is 346 g/mol. The maximum atomic E-state index is 5.19. The number of hydrogen-bond acceptors (Lipinski definition) is 3. The van der Waals surface area contributed by atoms with Gasteiger partial charge in [-0.05, 0) is 50.4 Å². The number of anilines is 1. The van der Waals surface area contributed by atoms with Gasteiger partial charge in [0.2, 0.25) is 0 Å². The maximum Gasteiger partial charge on any atom is 0.114 e. The number of hydrogen-bond donors (Lipinski definition) is 2. The molecule has 3 aromatic rings. The molecular formula is C22H26N4. The average Bonchev–Trinajstić information content (AvgIpc) is 3.29. The zero-order chi connectivity index (χ0) is 17.5. The molecule has 1 aromatic heterocycles. The van der Waals surface area contributed by atoms with Crippen LogP contribution in [0.2, 0.25) is 0 Å². The summed E-state index contributed by atoms with van der Waals surface area (Å²) in [6.07, 6.45) is 4.37. The second kappa shape index (κ2) is 6.44. The van der Waals surface area contributed by atoms with Crippen LogP contribution in [0.3, 0.4) is 0 Å². The molecule has 1 saturated heterocycles. The second-order valence-corrected chi connectivity index (χ2v) is 7.75. The lowest BCUT2D eigenvalue weighted by atomic mass is 9.97. The Balaban J connectivity index is 1.66. The minimum Gasteiger partial charge on any atom is -0.382 e. The van der Waals surface area contributed by atoms with E-state index < -0.39 is 0 Å². The smallest absolute Gasteiger partial charge is 0.114 e. The van der Waals surface area contributed by atoms with Crippen molar-refractivity contribution in [2.45, 2.75) is 44.7 Å². The molecule has 0 amide bonds. The number of aryl methyl sites for hydroxylation is 1. The van der Waals surface area contributed by atoms with E-state index in [1.54, 1.807) is 0 Å². The molecule has 2 atom stereocenters. The third kappa shape index (κ3) is 2.69. The summed E-state index contributed by atoms with van der Waals surface area (Å²) in [6.45, 7) is 4.40. The van der Waals surface area contributed by atoms with Crippen LogP contribution in [0.5, 0.6) is 0 Å². The van der Waals surface area contributed by atoms with Gasteiger partial charge >= 0.3 is 0 Å². The van der Waals surface area contributed by atoms with E-state index >= 15 is 0 Å². The molecular weight excluding hydrogens is 320 g/mol. The van der Waals surface area contributed by atoms with Crippen LogP contribution in [0.25, 0.3) is 11.0 Å². The Morgan fingerprint density at radius 3 is 2.81 bits per heavy atom. The van der Waals surface area contributed by atoms with Gasteiger partial charge in [-0.15, -0.1) is 0 Å². The first-order chi connectivity index (χ1) is 12.8. The summed E-state index contributed by atoms with van der Waals surface area (Å²) in [6, 6.07) is 16.3. The molecule has 26 heavy (non-hydrogen) atoms. The molecule has 0 spiro atoms. The Morgan fingerprint density at radius 2 is 2.00 bits per heavy atom. The molecule has 2 aliphatic heterocycles. The van der Waals surface area contributed by atoms with Gasteiger partial charge in [0.1, 0.15) is 5.82 Å². The van der Waals surface area contributed by atoms with Crippen LogP contribution in [0.15, 0.2) is 42.5 Å². The van der Waals surface area contributed by atoms with Crippen molar-refractivity contribution < 1.29 is 0 Å². The van der Waals surface area contributed by atoms with E-state index in [9.17, 15) is 0 Å². The number of aromatic nitrogens is 2. The Kier molecular flexibility index (Phi) is 3.93. The molecule has 2 aromatic carbocycles. The predicted octanol–water partition coefficient (Wildman–Crippen LogP) is 3.91. The summed E-state index contributed by atoms with van der Waals surface area (Å²) in [5.41, 5.74) is 6.52. The van der Waals surface area contributed by atoms with Crippen molar-refractivity contribution in [2.24, 2.45) is 0 Å². The summed E-state index contributed by atoms with van der Waals surface area (Å²) in [5, 5.41) is 7.16. The van der Waals surface area contributed by atoms with Crippen molar-refractivity contribution in [3.8, 4) is 0 Å². The predicted molar refractivity (Wildman–Crippen MR) is 107 cm³/mol. The van der Waals surface area contributed by atoms with Gasteiger partial charge in [0.25, 0.3) is 0 Å². The summed E-state index contributed by atoms with van der Waals surface area (Å²) in [4.78, 5) is 5.19. The molecule has 0 unspecified atom stereocenters. The van der Waals surface area contributed by atoms with Crippen molar-refractivity contribution in [3.05, 3.63) is 59.4 Å². The third-order valence-electron chi connectivity index (χ3n) is 5.87. The fraction of sp³-hybridized carbons (Fsp3) is 0.409. The fourth-order valence-corrected chi connectivity index (χ4v) is 4.52. The molecule has 0 saturated carbocycles. The van der Waals surface area contributed by atoms with Crippen LogP contribution in [0.4, 0.5) is 5.69 Å². The molecule has 2 N–H and O–H groups in total. The van der Waals surface area contributed by atoms with Crippen molar-refractivity contribution in [3.63, 3.8) is 0 Å². The lowest BCUT2D eigenvalue weighted by molar-refractivity contribution is 0.542. The van der Waals surface area contributed by atoms with E-state index in [4.69, 9.17) is 4.98 Å². The number of fused-ring (bicyclic) bond motifs is 3. The second-order valence-electron chi connectivity index (χ2n) is 7.75. The molecule has 0 aliphatic carbocycles. The molecule has 0 bridgehead atoms. The van der Waals surface area contributed by atoms with Crippen LogP contribution in [-0.2, 0) is 12.8 Å². The van der Waals surface area contributed by atoms with Gasteiger partial charge in [-0.2, -0.15) is 0 Å². The van der Waals surface area contributed by atoms with E-state index in [0.29, 0.717) is 12.1 Å². The largest absolute Gasteiger partial charge is 0.382 e. The van der Waals surface area contributed by atoms with Crippen molar-refractivity contribution in [1.82, 2.24) is 14.9 Å². The molecule has 4 heteroatoms. The van der Waals surface area contributed by atoms with Crippen LogP contribution in [-0.4, -0.2) is 28.7 Å². The van der Waals surface area contributed by atoms with Gasteiger partial charge in [0, 0.05) is 36.3 Å². The standard InChI is InChI=1S/C22H26N4/c1-15-7-8-18-19(24-15)9-10-20-22(18)25-21(13-16-5-3-2-4-6-16)26(20)17-11-12-23-14-17/h2-6,9-10,15,17,23-24H,7-8,11-14H2,1H3/t15-,17+/m0/s1. The Morgan fingerprint density at radius 1 is 1.12 bits per heavy atom. The van der Waals surface area contributed by atoms with Crippen LogP contribution >= 0.6 is 0 Å². The van der Waals surface area contributed by atoms with E-state index in [1.807, 2.05) is 0 Å². The Labute approximate surface area is 154 Å².